The third kappa shape index (κ3) is 3.95. The highest BCUT2D eigenvalue weighted by molar-refractivity contribution is 9.10. The third-order valence-corrected chi connectivity index (χ3v) is 4.87. The van der Waals surface area contributed by atoms with Crippen LogP contribution in [0.2, 0.25) is 5.02 Å². The van der Waals surface area contributed by atoms with Gasteiger partial charge >= 0.3 is 0 Å². The number of nitrogens with one attached hydrogen (secondary N) is 1. The highest BCUT2D eigenvalue weighted by atomic mass is 79.9. The summed E-state index contributed by atoms with van der Waals surface area (Å²) in [7, 11) is 2.16. The van der Waals surface area contributed by atoms with E-state index in [1.165, 1.54) is 5.56 Å². The van der Waals surface area contributed by atoms with E-state index < -0.39 is 0 Å². The van der Waals surface area contributed by atoms with Gasteiger partial charge in [0.2, 0.25) is 0 Å². The second-order valence-corrected chi connectivity index (χ2v) is 6.47. The van der Waals surface area contributed by atoms with Gasteiger partial charge in [-0.05, 0) is 53.6 Å². The van der Waals surface area contributed by atoms with Gasteiger partial charge in [-0.15, -0.1) is 0 Å². The van der Waals surface area contributed by atoms with Gasteiger partial charge in [0, 0.05) is 17.6 Å². The summed E-state index contributed by atoms with van der Waals surface area (Å²) in [4.78, 5) is 2.36. The molecular weight excluding hydrogens is 340 g/mol. The number of likely N-dealkylation sites (N-methyl/N-ethyl adjacent to an activating group) is 1. The molecule has 0 aliphatic carbocycles. The van der Waals surface area contributed by atoms with Crippen LogP contribution in [-0.4, -0.2) is 44.3 Å². The lowest BCUT2D eigenvalue weighted by atomic mass is 9.98. The first kappa shape index (κ1) is 16.2. The minimum atomic E-state index is 0.174. The predicted octanol–water partition coefficient (Wildman–Crippen LogP) is 3.47. The number of morpholine rings is 1. The number of benzene rings is 1. The van der Waals surface area contributed by atoms with Crippen LogP contribution in [0.4, 0.5) is 0 Å². The fourth-order valence-corrected chi connectivity index (χ4v) is 3.13. The van der Waals surface area contributed by atoms with Gasteiger partial charge in [0.05, 0.1) is 23.8 Å². The van der Waals surface area contributed by atoms with E-state index in [-0.39, 0.29) is 12.1 Å². The van der Waals surface area contributed by atoms with E-state index in [2.05, 4.69) is 52.3 Å². The Morgan fingerprint density at radius 3 is 3.00 bits per heavy atom. The summed E-state index contributed by atoms with van der Waals surface area (Å²) in [5, 5.41) is 4.21. The summed E-state index contributed by atoms with van der Waals surface area (Å²) < 4.78 is 6.92. The summed E-state index contributed by atoms with van der Waals surface area (Å²) in [6.45, 7) is 5.83. The molecule has 1 aromatic carbocycles. The van der Waals surface area contributed by atoms with Gasteiger partial charge in [-0.1, -0.05) is 24.6 Å². The van der Waals surface area contributed by atoms with Gasteiger partial charge in [0.25, 0.3) is 0 Å². The van der Waals surface area contributed by atoms with E-state index in [1.54, 1.807) is 0 Å². The second kappa shape index (κ2) is 7.76. The number of rotatable bonds is 5. The zero-order valence-electron chi connectivity index (χ0n) is 12.0. The summed E-state index contributed by atoms with van der Waals surface area (Å²) in [6.07, 6.45) is 1.31. The molecule has 2 rings (SSSR count). The van der Waals surface area contributed by atoms with Gasteiger partial charge in [-0.3, -0.25) is 4.90 Å². The second-order valence-electron chi connectivity index (χ2n) is 5.21. The van der Waals surface area contributed by atoms with Crippen molar-refractivity contribution in [2.45, 2.75) is 25.5 Å². The Morgan fingerprint density at radius 2 is 2.30 bits per heavy atom. The molecule has 1 saturated heterocycles. The Labute approximate surface area is 134 Å². The lowest BCUT2D eigenvalue weighted by Crippen LogP contribution is -2.47. The highest BCUT2D eigenvalue weighted by Crippen LogP contribution is 2.32. The van der Waals surface area contributed by atoms with E-state index >= 15 is 0 Å². The maximum atomic E-state index is 6.09. The predicted molar refractivity (Wildman–Crippen MR) is 87.4 cm³/mol. The van der Waals surface area contributed by atoms with Crippen LogP contribution in [0.15, 0.2) is 22.7 Å². The van der Waals surface area contributed by atoms with Crippen LogP contribution in [-0.2, 0) is 4.74 Å². The van der Waals surface area contributed by atoms with Crippen LogP contribution >= 0.6 is 27.5 Å². The Kier molecular flexibility index (Phi) is 6.30. The molecule has 1 fully saturated rings. The number of ether oxygens (including phenoxy) is 1. The zero-order chi connectivity index (χ0) is 14.5. The van der Waals surface area contributed by atoms with Crippen molar-refractivity contribution in [1.82, 2.24) is 10.2 Å². The number of hydrogen-bond acceptors (Lipinski definition) is 3. The molecule has 1 aliphatic rings. The smallest absolute Gasteiger partial charge is 0.0896 e. The number of nitrogens with zero attached hydrogens (tertiary/aromatic N) is 1. The zero-order valence-corrected chi connectivity index (χ0v) is 14.4. The first-order valence-electron chi connectivity index (χ1n) is 7.11. The highest BCUT2D eigenvalue weighted by Gasteiger charge is 2.31. The van der Waals surface area contributed by atoms with Crippen molar-refractivity contribution in [3.05, 3.63) is 33.3 Å². The fraction of sp³-hybridized carbons (Fsp3) is 0.600. The van der Waals surface area contributed by atoms with Gasteiger partial charge in [-0.2, -0.15) is 0 Å². The third-order valence-electron chi connectivity index (χ3n) is 3.66. The molecule has 5 heteroatoms. The van der Waals surface area contributed by atoms with Crippen LogP contribution < -0.4 is 5.32 Å². The lowest BCUT2D eigenvalue weighted by molar-refractivity contribution is -0.0612. The Morgan fingerprint density at radius 1 is 1.50 bits per heavy atom. The fourth-order valence-electron chi connectivity index (χ4n) is 2.62. The summed E-state index contributed by atoms with van der Waals surface area (Å²) >= 11 is 9.60. The minimum absolute atomic E-state index is 0.174. The molecule has 1 aromatic rings. The van der Waals surface area contributed by atoms with Crippen molar-refractivity contribution >= 4 is 27.5 Å². The van der Waals surface area contributed by atoms with Crippen LogP contribution in [0.5, 0.6) is 0 Å². The standard InChI is InChI=1S/C15H22BrClN2O/c1-3-6-18-10-14-15(19(2)7-8-20-14)11-4-5-13(17)12(16)9-11/h4-5,9,14-15,18H,3,6-8,10H2,1-2H3. The Balaban J connectivity index is 2.15. The molecule has 1 N–H and O–H groups in total. The molecule has 0 spiro atoms. The average molecular weight is 362 g/mol. The largest absolute Gasteiger partial charge is 0.374 e. The summed E-state index contributed by atoms with van der Waals surface area (Å²) in [5.74, 6) is 0. The molecule has 1 aliphatic heterocycles. The molecule has 0 radical (unpaired) electrons. The van der Waals surface area contributed by atoms with E-state index in [9.17, 15) is 0 Å². The normalized spacial score (nSPS) is 24.0. The van der Waals surface area contributed by atoms with Crippen molar-refractivity contribution < 1.29 is 4.74 Å². The number of hydrogen-bond donors (Lipinski definition) is 1. The first-order valence-corrected chi connectivity index (χ1v) is 8.28. The van der Waals surface area contributed by atoms with Crippen molar-refractivity contribution in [1.29, 1.82) is 0 Å². The van der Waals surface area contributed by atoms with Crippen molar-refractivity contribution in [3.63, 3.8) is 0 Å². The molecule has 0 bridgehead atoms. The molecule has 20 heavy (non-hydrogen) atoms. The molecular formula is C15H22BrClN2O. The molecule has 0 saturated carbocycles. The number of halogens is 2. The van der Waals surface area contributed by atoms with E-state index in [0.29, 0.717) is 0 Å². The molecule has 112 valence electrons. The summed E-state index contributed by atoms with van der Waals surface area (Å²) in [6, 6.07) is 6.41. The van der Waals surface area contributed by atoms with Crippen molar-refractivity contribution in [3.8, 4) is 0 Å². The van der Waals surface area contributed by atoms with Gasteiger partial charge in [0.1, 0.15) is 0 Å². The van der Waals surface area contributed by atoms with Gasteiger partial charge < -0.3 is 10.1 Å². The van der Waals surface area contributed by atoms with Crippen molar-refractivity contribution in [2.75, 3.05) is 33.3 Å². The SMILES string of the molecule is CCCNCC1OCCN(C)C1c1ccc(Cl)c(Br)c1. The molecule has 2 unspecified atom stereocenters. The van der Waals surface area contributed by atoms with E-state index in [4.69, 9.17) is 16.3 Å². The maximum Gasteiger partial charge on any atom is 0.0896 e. The Hall–Kier alpha value is -0.130. The van der Waals surface area contributed by atoms with E-state index in [1.807, 2.05) is 6.07 Å². The summed E-state index contributed by atoms with van der Waals surface area (Å²) in [5.41, 5.74) is 1.24. The van der Waals surface area contributed by atoms with Crippen LogP contribution in [0.3, 0.4) is 0 Å². The molecule has 0 aromatic heterocycles. The molecule has 1 heterocycles. The van der Waals surface area contributed by atoms with Gasteiger partial charge in [0.15, 0.2) is 0 Å². The van der Waals surface area contributed by atoms with Crippen LogP contribution in [0.1, 0.15) is 24.9 Å². The first-order chi connectivity index (χ1) is 9.63. The topological polar surface area (TPSA) is 24.5 Å². The van der Waals surface area contributed by atoms with Crippen LogP contribution in [0, 0.1) is 0 Å². The average Bonchev–Trinajstić information content (AvgIpc) is 2.43. The molecule has 2 atom stereocenters. The molecule has 3 nitrogen and oxygen atoms in total. The van der Waals surface area contributed by atoms with Crippen LogP contribution in [0.25, 0.3) is 0 Å². The molecule has 0 amide bonds. The monoisotopic (exact) mass is 360 g/mol. The van der Waals surface area contributed by atoms with E-state index in [0.717, 1.165) is 42.2 Å². The quantitative estimate of drug-likeness (QED) is 0.813. The Bertz CT molecular complexity index is 444. The van der Waals surface area contributed by atoms with Crippen molar-refractivity contribution in [2.24, 2.45) is 0 Å². The lowest BCUT2D eigenvalue weighted by Gasteiger charge is -2.39. The van der Waals surface area contributed by atoms with Gasteiger partial charge in [-0.25, -0.2) is 0 Å². The maximum absolute atomic E-state index is 6.09. The minimum Gasteiger partial charge on any atom is -0.374 e.